The molecule has 1 aromatic carbocycles. The minimum atomic E-state index is -1.12. The van der Waals surface area contributed by atoms with Gasteiger partial charge in [0.05, 0.1) is 11.6 Å². The van der Waals surface area contributed by atoms with Crippen LogP contribution >= 0.6 is 0 Å². The number of rotatable bonds is 4. The van der Waals surface area contributed by atoms with Crippen molar-refractivity contribution < 1.29 is 14.7 Å². The number of ketones is 1. The van der Waals surface area contributed by atoms with Crippen molar-refractivity contribution in [3.63, 3.8) is 0 Å². The Morgan fingerprint density at radius 3 is 2.29 bits per heavy atom. The number of nitrogens with zero attached hydrogens (tertiary/aromatic N) is 1. The van der Waals surface area contributed by atoms with E-state index < -0.39 is 11.9 Å². The zero-order valence-electron chi connectivity index (χ0n) is 9.09. The van der Waals surface area contributed by atoms with Gasteiger partial charge in [-0.1, -0.05) is 12.1 Å². The Morgan fingerprint density at radius 2 is 1.88 bits per heavy atom. The number of benzene rings is 1. The predicted octanol–water partition coefficient (Wildman–Crippen LogP) is 1.71. The molecule has 1 N–H and O–H groups in total. The summed E-state index contributed by atoms with van der Waals surface area (Å²) in [5, 5.41) is 17.8. The summed E-state index contributed by atoms with van der Waals surface area (Å²) in [6.07, 6.45) is 1.58. The molecule has 0 aromatic heterocycles. The second-order valence-corrected chi connectivity index (χ2v) is 4.18. The first-order chi connectivity index (χ1) is 8.13. The molecular formula is C13H11NO3. The number of carboxylic acids is 1. The van der Waals surface area contributed by atoms with Gasteiger partial charge in [0.25, 0.3) is 0 Å². The summed E-state index contributed by atoms with van der Waals surface area (Å²) in [5.41, 5.74) is 0.908. The molecule has 1 aromatic rings. The maximum atomic E-state index is 11.9. The molecule has 1 unspecified atom stereocenters. The fourth-order valence-electron chi connectivity index (χ4n) is 1.78. The maximum absolute atomic E-state index is 11.9. The van der Waals surface area contributed by atoms with E-state index in [-0.39, 0.29) is 11.7 Å². The quantitative estimate of drug-likeness (QED) is 0.797. The lowest BCUT2D eigenvalue weighted by Gasteiger charge is -2.10. The van der Waals surface area contributed by atoms with Gasteiger partial charge in [-0.15, -0.1) is 0 Å². The number of Topliss-reactive ketones (excluding diaryl/α,β-unsaturated/α-hetero) is 1. The fourth-order valence-corrected chi connectivity index (χ4v) is 1.78. The van der Waals surface area contributed by atoms with E-state index in [9.17, 15) is 9.59 Å². The van der Waals surface area contributed by atoms with Crippen molar-refractivity contribution in [2.24, 2.45) is 5.92 Å². The number of hydrogen-bond acceptors (Lipinski definition) is 3. The summed E-state index contributed by atoms with van der Waals surface area (Å²) < 4.78 is 0. The van der Waals surface area contributed by atoms with Crippen molar-refractivity contribution in [3.05, 3.63) is 35.4 Å². The molecule has 4 heteroatoms. The van der Waals surface area contributed by atoms with Crippen molar-refractivity contribution in [2.75, 3.05) is 0 Å². The van der Waals surface area contributed by atoms with Gasteiger partial charge in [-0.05, 0) is 30.5 Å². The largest absolute Gasteiger partial charge is 0.480 e. The first-order valence-electron chi connectivity index (χ1n) is 5.40. The Kier molecular flexibility index (Phi) is 2.92. The van der Waals surface area contributed by atoms with E-state index in [1.807, 2.05) is 6.07 Å². The first-order valence-corrected chi connectivity index (χ1v) is 5.40. The third-order valence-corrected chi connectivity index (χ3v) is 2.88. The summed E-state index contributed by atoms with van der Waals surface area (Å²) in [7, 11) is 0. The van der Waals surface area contributed by atoms with E-state index >= 15 is 0 Å². The van der Waals surface area contributed by atoms with Crippen LogP contribution < -0.4 is 0 Å². The summed E-state index contributed by atoms with van der Waals surface area (Å²) in [4.78, 5) is 23.0. The zero-order valence-corrected chi connectivity index (χ0v) is 9.09. The average molecular weight is 229 g/mol. The molecule has 1 aliphatic carbocycles. The Bertz CT molecular complexity index is 494. The average Bonchev–Trinajstić information content (AvgIpc) is 3.13. The van der Waals surface area contributed by atoms with Crippen LogP contribution in [0.15, 0.2) is 24.3 Å². The first kappa shape index (κ1) is 11.3. The van der Waals surface area contributed by atoms with Crippen LogP contribution in [0.2, 0.25) is 0 Å². The zero-order chi connectivity index (χ0) is 12.4. The Balaban J connectivity index is 2.29. The molecule has 1 aliphatic rings. The Labute approximate surface area is 98.5 Å². The van der Waals surface area contributed by atoms with E-state index in [0.717, 1.165) is 12.8 Å². The molecule has 0 bridgehead atoms. The van der Waals surface area contributed by atoms with E-state index in [4.69, 9.17) is 10.4 Å². The molecule has 1 fully saturated rings. The van der Waals surface area contributed by atoms with Gasteiger partial charge in [0.15, 0.2) is 5.78 Å². The highest BCUT2D eigenvalue weighted by atomic mass is 16.4. The van der Waals surface area contributed by atoms with Crippen molar-refractivity contribution in [2.45, 2.75) is 18.8 Å². The molecular weight excluding hydrogens is 218 g/mol. The van der Waals surface area contributed by atoms with Crippen molar-refractivity contribution in [1.82, 2.24) is 0 Å². The topological polar surface area (TPSA) is 78.2 Å². The van der Waals surface area contributed by atoms with Crippen LogP contribution in [0, 0.1) is 17.2 Å². The van der Waals surface area contributed by atoms with E-state index in [1.54, 1.807) is 0 Å². The molecule has 1 atom stereocenters. The van der Waals surface area contributed by atoms with Crippen LogP contribution in [-0.4, -0.2) is 16.9 Å². The SMILES string of the molecule is N#Cc1ccc(C(C(=O)O)C(=O)C2CC2)cc1. The molecule has 0 saturated heterocycles. The van der Waals surface area contributed by atoms with Gasteiger partial charge in [-0.25, -0.2) is 0 Å². The highest BCUT2D eigenvalue weighted by Gasteiger charge is 2.39. The predicted molar refractivity (Wildman–Crippen MR) is 59.3 cm³/mol. The van der Waals surface area contributed by atoms with Gasteiger partial charge in [0, 0.05) is 5.92 Å². The highest BCUT2D eigenvalue weighted by molar-refractivity contribution is 6.05. The van der Waals surface area contributed by atoms with E-state index in [1.165, 1.54) is 24.3 Å². The molecule has 4 nitrogen and oxygen atoms in total. The van der Waals surface area contributed by atoms with Gasteiger partial charge < -0.3 is 5.11 Å². The fraction of sp³-hybridized carbons (Fsp3) is 0.308. The summed E-state index contributed by atoms with van der Waals surface area (Å²) in [5.74, 6) is -2.52. The molecule has 86 valence electrons. The summed E-state index contributed by atoms with van der Waals surface area (Å²) in [6, 6.07) is 8.10. The van der Waals surface area contributed by atoms with Crippen molar-refractivity contribution in [1.29, 1.82) is 5.26 Å². The molecule has 2 rings (SSSR count). The number of carbonyl (C=O) groups excluding carboxylic acids is 1. The maximum Gasteiger partial charge on any atom is 0.318 e. The van der Waals surface area contributed by atoms with Gasteiger partial charge >= 0.3 is 5.97 Å². The van der Waals surface area contributed by atoms with Crippen LogP contribution in [-0.2, 0) is 9.59 Å². The van der Waals surface area contributed by atoms with E-state index in [2.05, 4.69) is 0 Å². The van der Waals surface area contributed by atoms with Gasteiger partial charge in [-0.2, -0.15) is 5.26 Å². The molecule has 17 heavy (non-hydrogen) atoms. The normalized spacial score (nSPS) is 15.9. The van der Waals surface area contributed by atoms with Gasteiger partial charge in [0.2, 0.25) is 0 Å². The van der Waals surface area contributed by atoms with Crippen LogP contribution in [0.25, 0.3) is 0 Å². The van der Waals surface area contributed by atoms with Gasteiger partial charge in [0.1, 0.15) is 5.92 Å². The summed E-state index contributed by atoms with van der Waals surface area (Å²) in [6.45, 7) is 0. The minimum absolute atomic E-state index is 0.0910. The second kappa shape index (κ2) is 4.38. The molecule has 0 aliphatic heterocycles. The molecule has 0 spiro atoms. The van der Waals surface area contributed by atoms with E-state index in [0.29, 0.717) is 11.1 Å². The standard InChI is InChI=1S/C13H11NO3/c14-7-8-1-3-9(4-2-8)11(13(16)17)12(15)10-5-6-10/h1-4,10-11H,5-6H2,(H,16,17). The number of carbonyl (C=O) groups is 2. The Morgan fingerprint density at radius 1 is 1.29 bits per heavy atom. The smallest absolute Gasteiger partial charge is 0.318 e. The number of nitriles is 1. The monoisotopic (exact) mass is 229 g/mol. The lowest BCUT2D eigenvalue weighted by molar-refractivity contribution is -0.142. The third kappa shape index (κ3) is 2.34. The number of aliphatic carboxylic acids is 1. The Hall–Kier alpha value is -2.15. The van der Waals surface area contributed by atoms with Crippen LogP contribution in [0.5, 0.6) is 0 Å². The van der Waals surface area contributed by atoms with Gasteiger partial charge in [-0.3, -0.25) is 9.59 Å². The van der Waals surface area contributed by atoms with Crippen LogP contribution in [0.3, 0.4) is 0 Å². The molecule has 1 saturated carbocycles. The number of carboxylic acid groups (broad SMARTS) is 1. The van der Waals surface area contributed by atoms with Crippen LogP contribution in [0.4, 0.5) is 0 Å². The lowest BCUT2D eigenvalue weighted by atomic mass is 9.92. The molecule has 0 radical (unpaired) electrons. The number of hydrogen-bond donors (Lipinski definition) is 1. The summed E-state index contributed by atoms with van der Waals surface area (Å²) >= 11 is 0. The lowest BCUT2D eigenvalue weighted by Crippen LogP contribution is -2.22. The van der Waals surface area contributed by atoms with Crippen molar-refractivity contribution >= 4 is 11.8 Å². The molecule has 0 heterocycles. The second-order valence-electron chi connectivity index (χ2n) is 4.18. The highest BCUT2D eigenvalue weighted by Crippen LogP contribution is 2.35. The van der Waals surface area contributed by atoms with Crippen LogP contribution in [0.1, 0.15) is 29.9 Å². The minimum Gasteiger partial charge on any atom is -0.480 e. The third-order valence-electron chi connectivity index (χ3n) is 2.88. The van der Waals surface area contributed by atoms with Crippen molar-refractivity contribution in [3.8, 4) is 6.07 Å². The molecule has 0 amide bonds.